The molecule has 1 aromatic carbocycles. The van der Waals surface area contributed by atoms with Gasteiger partial charge in [0.1, 0.15) is 10.6 Å². The number of phenols is 1. The second-order valence-corrected chi connectivity index (χ2v) is 4.96. The van der Waals surface area contributed by atoms with Crippen LogP contribution < -0.4 is 5.14 Å². The molecule has 1 amide bonds. The van der Waals surface area contributed by atoms with Crippen molar-refractivity contribution in [1.29, 1.82) is 0 Å². The molecular weight excluding hydrogens is 232 g/mol. The highest BCUT2D eigenvalue weighted by Gasteiger charge is 2.17. The van der Waals surface area contributed by atoms with E-state index in [0.717, 1.165) is 12.1 Å². The maximum absolute atomic E-state index is 11.5. The summed E-state index contributed by atoms with van der Waals surface area (Å²) in [6.45, 7) is 0. The Balaban J connectivity index is 3.34. The topological polar surface area (TPSA) is 101 Å². The van der Waals surface area contributed by atoms with Crippen molar-refractivity contribution in [3.05, 3.63) is 23.8 Å². The standard InChI is InChI=1S/C9H12N2O4S/c1-11(2)9(13)6-3-4-7(12)8(5-6)16(10,14)15/h3-5,12H,1-2H3,(H2,10,14,15). The van der Waals surface area contributed by atoms with Crippen molar-refractivity contribution in [2.75, 3.05) is 14.1 Å². The van der Waals surface area contributed by atoms with Crippen LogP contribution in [0.5, 0.6) is 5.75 Å². The van der Waals surface area contributed by atoms with Crippen molar-refractivity contribution in [2.45, 2.75) is 4.90 Å². The largest absolute Gasteiger partial charge is 0.507 e. The molecule has 0 saturated carbocycles. The van der Waals surface area contributed by atoms with E-state index in [2.05, 4.69) is 0 Å². The Morgan fingerprint density at radius 3 is 2.38 bits per heavy atom. The number of nitrogens with zero attached hydrogens (tertiary/aromatic N) is 1. The summed E-state index contributed by atoms with van der Waals surface area (Å²) in [4.78, 5) is 12.4. The van der Waals surface area contributed by atoms with Gasteiger partial charge < -0.3 is 10.0 Å². The monoisotopic (exact) mass is 244 g/mol. The molecule has 0 unspecified atom stereocenters. The van der Waals surface area contributed by atoms with Crippen molar-refractivity contribution >= 4 is 15.9 Å². The van der Waals surface area contributed by atoms with E-state index < -0.39 is 20.7 Å². The molecule has 0 bridgehead atoms. The van der Waals surface area contributed by atoms with Crippen molar-refractivity contribution in [1.82, 2.24) is 4.90 Å². The summed E-state index contributed by atoms with van der Waals surface area (Å²) in [5.74, 6) is -0.845. The number of sulfonamides is 1. The van der Waals surface area contributed by atoms with Crippen molar-refractivity contribution in [2.24, 2.45) is 5.14 Å². The van der Waals surface area contributed by atoms with E-state index in [0.29, 0.717) is 0 Å². The fraction of sp³-hybridized carbons (Fsp3) is 0.222. The zero-order chi connectivity index (χ0) is 12.5. The van der Waals surface area contributed by atoms with Gasteiger partial charge in [-0.05, 0) is 18.2 Å². The summed E-state index contributed by atoms with van der Waals surface area (Å²) >= 11 is 0. The van der Waals surface area contributed by atoms with Crippen LogP contribution in [-0.4, -0.2) is 38.4 Å². The predicted octanol–water partition coefficient (Wildman–Crippen LogP) is -0.259. The average molecular weight is 244 g/mol. The zero-order valence-electron chi connectivity index (χ0n) is 8.84. The molecule has 88 valence electrons. The Labute approximate surface area is 93.3 Å². The van der Waals surface area contributed by atoms with Crippen molar-refractivity contribution < 1.29 is 18.3 Å². The highest BCUT2D eigenvalue weighted by molar-refractivity contribution is 7.89. The third-order valence-corrected chi connectivity index (χ3v) is 2.86. The molecule has 6 nitrogen and oxygen atoms in total. The Kier molecular flexibility index (Phi) is 3.20. The summed E-state index contributed by atoms with van der Waals surface area (Å²) in [7, 11) is -0.969. The van der Waals surface area contributed by atoms with Crippen LogP contribution in [0, 0.1) is 0 Å². The van der Waals surface area contributed by atoms with Crippen LogP contribution in [0.25, 0.3) is 0 Å². The highest BCUT2D eigenvalue weighted by atomic mass is 32.2. The Morgan fingerprint density at radius 2 is 1.94 bits per heavy atom. The van der Waals surface area contributed by atoms with Gasteiger partial charge in [0.2, 0.25) is 10.0 Å². The lowest BCUT2D eigenvalue weighted by molar-refractivity contribution is 0.0827. The molecule has 0 saturated heterocycles. The van der Waals surface area contributed by atoms with Gasteiger partial charge in [0.25, 0.3) is 5.91 Å². The smallest absolute Gasteiger partial charge is 0.253 e. The highest BCUT2D eigenvalue weighted by Crippen LogP contribution is 2.22. The number of benzene rings is 1. The molecule has 0 spiro atoms. The molecule has 0 aliphatic heterocycles. The number of phenolic OH excluding ortho intramolecular Hbond substituents is 1. The van der Waals surface area contributed by atoms with Gasteiger partial charge in [-0.3, -0.25) is 4.79 Å². The molecule has 3 N–H and O–H groups in total. The number of rotatable bonds is 2. The number of nitrogens with two attached hydrogens (primary N) is 1. The number of hydrogen-bond acceptors (Lipinski definition) is 4. The quantitative estimate of drug-likeness (QED) is 0.748. The van der Waals surface area contributed by atoms with Crippen LogP contribution in [0.15, 0.2) is 23.1 Å². The van der Waals surface area contributed by atoms with E-state index in [4.69, 9.17) is 5.14 Å². The third kappa shape index (κ3) is 2.50. The van der Waals surface area contributed by atoms with E-state index in [-0.39, 0.29) is 11.5 Å². The molecule has 7 heteroatoms. The SMILES string of the molecule is CN(C)C(=O)c1ccc(O)c(S(N)(=O)=O)c1. The van der Waals surface area contributed by atoms with E-state index in [1.807, 2.05) is 0 Å². The number of carbonyl (C=O) groups excluding carboxylic acids is 1. The van der Waals surface area contributed by atoms with Gasteiger partial charge in [-0.25, -0.2) is 13.6 Å². The lowest BCUT2D eigenvalue weighted by Gasteiger charge is -2.11. The molecule has 0 aliphatic carbocycles. The number of hydrogen-bond donors (Lipinski definition) is 2. The van der Waals surface area contributed by atoms with Gasteiger partial charge >= 0.3 is 0 Å². The van der Waals surface area contributed by atoms with Gasteiger partial charge in [0, 0.05) is 19.7 Å². The summed E-state index contributed by atoms with van der Waals surface area (Å²) in [5.41, 5.74) is 0.145. The Bertz CT molecular complexity index is 522. The molecule has 0 aliphatic rings. The first-order valence-corrected chi connectivity index (χ1v) is 5.85. The van der Waals surface area contributed by atoms with Crippen molar-refractivity contribution in [3.63, 3.8) is 0 Å². The van der Waals surface area contributed by atoms with Crippen LogP contribution in [-0.2, 0) is 10.0 Å². The fourth-order valence-electron chi connectivity index (χ4n) is 1.13. The molecule has 0 radical (unpaired) electrons. The first-order valence-electron chi connectivity index (χ1n) is 4.31. The Morgan fingerprint density at radius 1 is 1.38 bits per heavy atom. The third-order valence-electron chi connectivity index (χ3n) is 1.92. The second-order valence-electron chi connectivity index (χ2n) is 3.43. The number of carbonyl (C=O) groups is 1. The molecule has 0 fully saturated rings. The molecule has 16 heavy (non-hydrogen) atoms. The maximum atomic E-state index is 11.5. The minimum absolute atomic E-state index is 0.145. The molecule has 0 heterocycles. The first-order chi connectivity index (χ1) is 7.23. The van der Waals surface area contributed by atoms with Crippen LogP contribution >= 0.6 is 0 Å². The maximum Gasteiger partial charge on any atom is 0.253 e. The van der Waals surface area contributed by atoms with E-state index >= 15 is 0 Å². The van der Waals surface area contributed by atoms with Crippen molar-refractivity contribution in [3.8, 4) is 5.75 Å². The van der Waals surface area contributed by atoms with E-state index in [1.54, 1.807) is 0 Å². The van der Waals surface area contributed by atoms with Crippen LogP contribution in [0.2, 0.25) is 0 Å². The number of primary sulfonamides is 1. The van der Waals surface area contributed by atoms with Crippen LogP contribution in [0.3, 0.4) is 0 Å². The van der Waals surface area contributed by atoms with Gasteiger partial charge in [0.15, 0.2) is 0 Å². The van der Waals surface area contributed by atoms with Crippen LogP contribution in [0.1, 0.15) is 10.4 Å². The average Bonchev–Trinajstić information content (AvgIpc) is 2.15. The van der Waals surface area contributed by atoms with Gasteiger partial charge in [-0.2, -0.15) is 0 Å². The van der Waals surface area contributed by atoms with Gasteiger partial charge in [-0.15, -0.1) is 0 Å². The minimum atomic E-state index is -4.04. The van der Waals surface area contributed by atoms with E-state index in [1.165, 1.54) is 25.1 Å². The van der Waals surface area contributed by atoms with Gasteiger partial charge in [0.05, 0.1) is 0 Å². The molecular formula is C9H12N2O4S. The molecule has 1 aromatic rings. The Hall–Kier alpha value is -1.60. The summed E-state index contributed by atoms with van der Waals surface area (Å²) < 4.78 is 22.2. The lowest BCUT2D eigenvalue weighted by atomic mass is 10.2. The normalized spacial score (nSPS) is 11.2. The number of amides is 1. The minimum Gasteiger partial charge on any atom is -0.507 e. The van der Waals surface area contributed by atoms with Crippen LogP contribution in [0.4, 0.5) is 0 Å². The number of aromatic hydroxyl groups is 1. The summed E-state index contributed by atoms with van der Waals surface area (Å²) in [6.07, 6.45) is 0. The van der Waals surface area contributed by atoms with Gasteiger partial charge in [-0.1, -0.05) is 0 Å². The summed E-state index contributed by atoms with van der Waals surface area (Å²) in [5, 5.41) is 14.2. The zero-order valence-corrected chi connectivity index (χ0v) is 9.65. The lowest BCUT2D eigenvalue weighted by Crippen LogP contribution is -2.22. The fourth-order valence-corrected chi connectivity index (χ4v) is 1.78. The first kappa shape index (κ1) is 12.5. The molecule has 1 rings (SSSR count). The summed E-state index contributed by atoms with van der Waals surface area (Å²) in [6, 6.07) is 3.50. The molecule has 0 atom stereocenters. The second kappa shape index (κ2) is 4.11. The predicted molar refractivity (Wildman–Crippen MR) is 57.5 cm³/mol. The molecule has 0 aromatic heterocycles. The van der Waals surface area contributed by atoms with E-state index in [9.17, 15) is 18.3 Å².